The standard InChI is InChI=1S/C21H32N4O3S/c1-6-22-21(23-10-8-7-9-19-25-15(2)14-29-19)24-13-16-11-17(26-3)20(28-5)18(12-16)27-4/h11-12,14H,6-10,13H2,1-5H3,(H2,22,23,24). The fourth-order valence-corrected chi connectivity index (χ4v) is 3.68. The fraction of sp³-hybridized carbons (Fsp3) is 0.524. The summed E-state index contributed by atoms with van der Waals surface area (Å²) in [6.07, 6.45) is 3.19. The first-order chi connectivity index (χ1) is 14.1. The van der Waals surface area contributed by atoms with E-state index in [1.807, 2.05) is 19.1 Å². The first kappa shape index (κ1) is 22.8. The van der Waals surface area contributed by atoms with E-state index in [1.54, 1.807) is 32.7 Å². The van der Waals surface area contributed by atoms with E-state index in [1.165, 1.54) is 5.01 Å². The Labute approximate surface area is 177 Å². The van der Waals surface area contributed by atoms with Crippen molar-refractivity contribution in [1.29, 1.82) is 0 Å². The molecule has 0 radical (unpaired) electrons. The van der Waals surface area contributed by atoms with Crippen LogP contribution < -0.4 is 24.8 Å². The van der Waals surface area contributed by atoms with Crippen LogP contribution in [0.2, 0.25) is 0 Å². The summed E-state index contributed by atoms with van der Waals surface area (Å²) in [6.45, 7) is 6.27. The monoisotopic (exact) mass is 420 g/mol. The highest BCUT2D eigenvalue weighted by Crippen LogP contribution is 2.38. The highest BCUT2D eigenvalue weighted by molar-refractivity contribution is 7.09. The van der Waals surface area contributed by atoms with Gasteiger partial charge in [0.1, 0.15) is 0 Å². The van der Waals surface area contributed by atoms with E-state index in [0.29, 0.717) is 23.8 Å². The summed E-state index contributed by atoms with van der Waals surface area (Å²) in [5, 5.41) is 10.0. The second kappa shape index (κ2) is 12.2. The molecule has 29 heavy (non-hydrogen) atoms. The van der Waals surface area contributed by atoms with Crippen LogP contribution in [0.5, 0.6) is 17.2 Å². The van der Waals surface area contributed by atoms with E-state index in [9.17, 15) is 0 Å². The van der Waals surface area contributed by atoms with Gasteiger partial charge in [0.2, 0.25) is 5.75 Å². The summed E-state index contributed by atoms with van der Waals surface area (Å²) >= 11 is 1.74. The number of hydrogen-bond donors (Lipinski definition) is 2. The van der Waals surface area contributed by atoms with Crippen molar-refractivity contribution in [2.24, 2.45) is 4.99 Å². The third kappa shape index (κ3) is 7.12. The van der Waals surface area contributed by atoms with Gasteiger partial charge in [0.05, 0.1) is 32.9 Å². The number of unbranched alkanes of at least 4 members (excludes halogenated alkanes) is 1. The van der Waals surface area contributed by atoms with E-state index in [4.69, 9.17) is 14.2 Å². The molecule has 0 bridgehead atoms. The Bertz CT molecular complexity index is 767. The molecule has 0 aliphatic carbocycles. The molecule has 0 spiro atoms. The van der Waals surface area contributed by atoms with Gasteiger partial charge in [-0.25, -0.2) is 9.98 Å². The Morgan fingerprint density at radius 2 is 1.79 bits per heavy atom. The molecule has 0 fully saturated rings. The molecule has 8 heteroatoms. The zero-order valence-electron chi connectivity index (χ0n) is 18.0. The van der Waals surface area contributed by atoms with Crippen molar-refractivity contribution >= 4 is 17.3 Å². The lowest BCUT2D eigenvalue weighted by molar-refractivity contribution is 0.324. The average Bonchev–Trinajstić information content (AvgIpc) is 3.15. The number of rotatable bonds is 11. The smallest absolute Gasteiger partial charge is 0.203 e. The number of aryl methyl sites for hydroxylation is 2. The second-order valence-corrected chi connectivity index (χ2v) is 7.44. The van der Waals surface area contributed by atoms with Gasteiger partial charge in [-0.1, -0.05) is 0 Å². The molecule has 1 aromatic carbocycles. The van der Waals surface area contributed by atoms with Gasteiger partial charge in [-0.3, -0.25) is 0 Å². The molecular formula is C21H32N4O3S. The molecule has 0 saturated heterocycles. The minimum atomic E-state index is 0.504. The maximum Gasteiger partial charge on any atom is 0.203 e. The highest BCUT2D eigenvalue weighted by atomic mass is 32.1. The lowest BCUT2D eigenvalue weighted by Gasteiger charge is -2.14. The third-order valence-electron chi connectivity index (χ3n) is 4.26. The molecule has 0 aliphatic heterocycles. The summed E-state index contributed by atoms with van der Waals surface area (Å²) in [7, 11) is 4.83. The Kier molecular flexibility index (Phi) is 9.56. The molecule has 1 heterocycles. The van der Waals surface area contributed by atoms with Crippen LogP contribution in [0.4, 0.5) is 0 Å². The Hall–Kier alpha value is -2.48. The lowest BCUT2D eigenvalue weighted by Crippen LogP contribution is -2.37. The number of ether oxygens (including phenoxy) is 3. The molecule has 0 amide bonds. The molecule has 1 aromatic heterocycles. The molecule has 2 rings (SSSR count). The van der Waals surface area contributed by atoms with E-state index in [-0.39, 0.29) is 0 Å². The summed E-state index contributed by atoms with van der Waals surface area (Å²) in [5.74, 6) is 2.65. The third-order valence-corrected chi connectivity index (χ3v) is 5.29. The van der Waals surface area contributed by atoms with Crippen molar-refractivity contribution in [3.63, 3.8) is 0 Å². The number of hydrogen-bond acceptors (Lipinski definition) is 6. The van der Waals surface area contributed by atoms with E-state index in [0.717, 1.165) is 49.6 Å². The van der Waals surface area contributed by atoms with Crippen LogP contribution in [0.1, 0.15) is 36.0 Å². The molecule has 0 aliphatic rings. The predicted molar refractivity (Wildman–Crippen MR) is 119 cm³/mol. The Balaban J connectivity index is 1.90. The minimum Gasteiger partial charge on any atom is -0.493 e. The normalized spacial score (nSPS) is 11.3. The summed E-state index contributed by atoms with van der Waals surface area (Å²) in [6, 6.07) is 3.84. The lowest BCUT2D eigenvalue weighted by atomic mass is 10.2. The molecule has 0 saturated carbocycles. The van der Waals surface area contributed by atoms with E-state index < -0.39 is 0 Å². The molecule has 0 unspecified atom stereocenters. The summed E-state index contributed by atoms with van der Waals surface area (Å²) in [4.78, 5) is 9.19. The van der Waals surface area contributed by atoms with Crippen molar-refractivity contribution in [3.05, 3.63) is 33.8 Å². The number of nitrogens with zero attached hydrogens (tertiary/aromatic N) is 2. The minimum absolute atomic E-state index is 0.504. The Morgan fingerprint density at radius 1 is 1.07 bits per heavy atom. The van der Waals surface area contributed by atoms with Crippen LogP contribution in [-0.2, 0) is 13.0 Å². The molecule has 160 valence electrons. The predicted octanol–water partition coefficient (Wildman–Crippen LogP) is 3.56. The van der Waals surface area contributed by atoms with Gasteiger partial charge in [-0.2, -0.15) is 0 Å². The number of thiazole rings is 1. The number of methoxy groups -OCH3 is 3. The van der Waals surface area contributed by atoms with Crippen LogP contribution in [0.15, 0.2) is 22.5 Å². The first-order valence-electron chi connectivity index (χ1n) is 9.83. The van der Waals surface area contributed by atoms with Crippen molar-refractivity contribution in [2.45, 2.75) is 39.7 Å². The quantitative estimate of drug-likeness (QED) is 0.329. The topological polar surface area (TPSA) is 77.0 Å². The Morgan fingerprint density at radius 3 is 2.34 bits per heavy atom. The molecule has 7 nitrogen and oxygen atoms in total. The van der Waals surface area contributed by atoms with Crippen LogP contribution in [0, 0.1) is 6.92 Å². The van der Waals surface area contributed by atoms with Crippen molar-refractivity contribution in [2.75, 3.05) is 34.4 Å². The fourth-order valence-electron chi connectivity index (χ4n) is 2.86. The maximum atomic E-state index is 5.41. The van der Waals surface area contributed by atoms with Crippen LogP contribution in [-0.4, -0.2) is 45.4 Å². The average molecular weight is 421 g/mol. The largest absolute Gasteiger partial charge is 0.493 e. The summed E-state index contributed by atoms with van der Waals surface area (Å²) < 4.78 is 16.2. The van der Waals surface area contributed by atoms with E-state index in [2.05, 4.69) is 32.9 Å². The zero-order chi connectivity index (χ0) is 21.1. The maximum absolute atomic E-state index is 5.41. The van der Waals surface area contributed by atoms with Crippen LogP contribution >= 0.6 is 11.3 Å². The molecule has 2 N–H and O–H groups in total. The van der Waals surface area contributed by atoms with E-state index >= 15 is 0 Å². The van der Waals surface area contributed by atoms with Crippen LogP contribution in [0.25, 0.3) is 0 Å². The SMILES string of the molecule is CCNC(=NCc1cc(OC)c(OC)c(OC)c1)NCCCCc1nc(C)cs1. The number of aliphatic imine (C=N–C) groups is 1. The second-order valence-electron chi connectivity index (χ2n) is 6.50. The number of guanidine groups is 1. The molecule has 0 atom stereocenters. The van der Waals surface area contributed by atoms with Crippen LogP contribution in [0.3, 0.4) is 0 Å². The van der Waals surface area contributed by atoms with Gasteiger partial charge in [0.15, 0.2) is 17.5 Å². The van der Waals surface area contributed by atoms with Crippen molar-refractivity contribution in [3.8, 4) is 17.2 Å². The molecule has 2 aromatic rings. The van der Waals surface area contributed by atoms with Gasteiger partial charge in [0.25, 0.3) is 0 Å². The van der Waals surface area contributed by atoms with Gasteiger partial charge in [-0.05, 0) is 50.8 Å². The van der Waals surface area contributed by atoms with Gasteiger partial charge >= 0.3 is 0 Å². The number of benzene rings is 1. The van der Waals surface area contributed by atoms with Gasteiger partial charge in [-0.15, -0.1) is 11.3 Å². The van der Waals surface area contributed by atoms with Gasteiger partial charge in [0, 0.05) is 24.2 Å². The first-order valence-corrected chi connectivity index (χ1v) is 10.7. The molecular weight excluding hydrogens is 388 g/mol. The number of nitrogens with one attached hydrogen (secondary N) is 2. The number of aromatic nitrogens is 1. The zero-order valence-corrected chi connectivity index (χ0v) is 18.8. The summed E-state index contributed by atoms with van der Waals surface area (Å²) in [5.41, 5.74) is 2.09. The van der Waals surface area contributed by atoms with Crippen molar-refractivity contribution in [1.82, 2.24) is 15.6 Å². The van der Waals surface area contributed by atoms with Crippen molar-refractivity contribution < 1.29 is 14.2 Å². The van der Waals surface area contributed by atoms with Gasteiger partial charge < -0.3 is 24.8 Å². The highest BCUT2D eigenvalue weighted by Gasteiger charge is 2.13.